The number of aliphatic carboxylic acids is 1. The van der Waals surface area contributed by atoms with Crippen LogP contribution in [0.1, 0.15) is 72.1 Å². The molecular formula is C22H32NO4-. The monoisotopic (exact) mass is 374 g/mol. The highest BCUT2D eigenvalue weighted by Gasteiger charge is 2.62. The lowest BCUT2D eigenvalue weighted by molar-refractivity contribution is -0.309. The average Bonchev–Trinajstić information content (AvgIpc) is 2.84. The molecule has 1 N–H and O–H groups in total. The minimum Gasteiger partial charge on any atom is -0.546 e. The fraction of sp³-hybridized carbons (Fsp3) is 0.818. The molecule has 3 fully saturated rings. The van der Waals surface area contributed by atoms with Gasteiger partial charge in [0.05, 0.1) is 17.3 Å². The van der Waals surface area contributed by atoms with Crippen LogP contribution in [0, 0.1) is 28.6 Å². The predicted molar refractivity (Wildman–Crippen MR) is 101 cm³/mol. The van der Waals surface area contributed by atoms with Gasteiger partial charge in [-0.1, -0.05) is 24.6 Å². The second-order valence-corrected chi connectivity index (χ2v) is 10.00. The third-order valence-corrected chi connectivity index (χ3v) is 8.90. The molecular weight excluding hydrogens is 342 g/mol. The Balaban J connectivity index is 1.56. The number of aliphatic hydroxyl groups is 1. The molecule has 3 saturated carbocycles. The minimum absolute atomic E-state index is 0.0612. The number of nitrogens with zero attached hydrogens (tertiary/aromatic N) is 1. The normalized spacial score (nSPS) is 47.6. The molecule has 6 atom stereocenters. The van der Waals surface area contributed by atoms with E-state index in [-0.39, 0.29) is 10.8 Å². The second kappa shape index (κ2) is 6.33. The number of hydrogen-bond donors (Lipinski definition) is 1. The van der Waals surface area contributed by atoms with Gasteiger partial charge in [-0.25, -0.2) is 0 Å². The highest BCUT2D eigenvalue weighted by atomic mass is 16.6. The number of rotatable bonds is 3. The Labute approximate surface area is 161 Å². The maximum absolute atomic E-state index is 11.0. The molecule has 4 aliphatic carbocycles. The van der Waals surface area contributed by atoms with Crippen molar-refractivity contribution in [2.24, 2.45) is 33.7 Å². The summed E-state index contributed by atoms with van der Waals surface area (Å²) in [6, 6.07) is 0. The SMILES string of the molecule is C[C@]12CCC(=NOCC(=O)[O-])C=C1CC[C@@H]1[C@@H]2CC[C@@]2(C)[C@H]1CC[C@]2(C)O. The van der Waals surface area contributed by atoms with Crippen LogP contribution >= 0.6 is 0 Å². The zero-order chi connectivity index (χ0) is 19.4. The number of hydrogen-bond acceptors (Lipinski definition) is 5. The maximum Gasteiger partial charge on any atom is 0.156 e. The van der Waals surface area contributed by atoms with E-state index in [0.717, 1.165) is 44.2 Å². The van der Waals surface area contributed by atoms with Crippen molar-refractivity contribution in [1.29, 1.82) is 0 Å². The number of carboxylic acid groups (broad SMARTS) is 1. The van der Waals surface area contributed by atoms with Crippen molar-refractivity contribution >= 4 is 11.7 Å². The molecule has 0 aromatic heterocycles. The van der Waals surface area contributed by atoms with E-state index in [2.05, 4.69) is 32.0 Å². The first-order chi connectivity index (χ1) is 12.7. The first kappa shape index (κ1) is 19.0. The van der Waals surface area contributed by atoms with E-state index >= 15 is 0 Å². The summed E-state index contributed by atoms with van der Waals surface area (Å²) >= 11 is 0. The van der Waals surface area contributed by atoms with Gasteiger partial charge in [-0.05, 0) is 93.0 Å². The molecule has 4 aliphatic rings. The molecule has 0 amide bonds. The van der Waals surface area contributed by atoms with Crippen molar-refractivity contribution in [2.45, 2.75) is 77.7 Å². The number of fused-ring (bicyclic) bond motifs is 5. The largest absolute Gasteiger partial charge is 0.546 e. The molecule has 4 rings (SSSR count). The van der Waals surface area contributed by atoms with Gasteiger partial charge in [-0.3, -0.25) is 0 Å². The second-order valence-electron chi connectivity index (χ2n) is 10.00. The zero-order valence-corrected chi connectivity index (χ0v) is 16.8. The summed E-state index contributed by atoms with van der Waals surface area (Å²) in [4.78, 5) is 15.4. The summed E-state index contributed by atoms with van der Waals surface area (Å²) in [7, 11) is 0. The van der Waals surface area contributed by atoms with Crippen molar-refractivity contribution in [3.8, 4) is 0 Å². The van der Waals surface area contributed by atoms with Crippen LogP contribution in [0.3, 0.4) is 0 Å². The quantitative estimate of drug-likeness (QED) is 0.770. The fourth-order valence-corrected chi connectivity index (χ4v) is 7.05. The van der Waals surface area contributed by atoms with Crippen molar-refractivity contribution in [1.82, 2.24) is 0 Å². The van der Waals surface area contributed by atoms with Gasteiger partial charge in [-0.2, -0.15) is 0 Å². The van der Waals surface area contributed by atoms with Crippen LogP contribution in [0.15, 0.2) is 16.8 Å². The van der Waals surface area contributed by atoms with Gasteiger partial charge in [-0.15, -0.1) is 0 Å². The first-order valence-corrected chi connectivity index (χ1v) is 10.5. The van der Waals surface area contributed by atoms with Gasteiger partial charge in [0.15, 0.2) is 6.61 Å². The molecule has 0 aliphatic heterocycles. The van der Waals surface area contributed by atoms with Crippen LogP contribution < -0.4 is 5.11 Å². The van der Waals surface area contributed by atoms with Crippen LogP contribution in [-0.2, 0) is 9.63 Å². The van der Waals surface area contributed by atoms with Crippen LogP contribution in [0.4, 0.5) is 0 Å². The lowest BCUT2D eigenvalue weighted by Crippen LogP contribution is -2.53. The smallest absolute Gasteiger partial charge is 0.156 e. The lowest BCUT2D eigenvalue weighted by Gasteiger charge is -2.59. The summed E-state index contributed by atoms with van der Waals surface area (Å²) in [6.07, 6.45) is 10.7. The van der Waals surface area contributed by atoms with Gasteiger partial charge in [0.25, 0.3) is 0 Å². The van der Waals surface area contributed by atoms with Crippen LogP contribution in [0.25, 0.3) is 0 Å². The Kier molecular flexibility index (Phi) is 4.45. The Morgan fingerprint density at radius 2 is 1.93 bits per heavy atom. The summed E-state index contributed by atoms with van der Waals surface area (Å²) in [6.45, 7) is 6.31. The van der Waals surface area contributed by atoms with E-state index in [1.165, 1.54) is 18.4 Å². The molecule has 0 aromatic carbocycles. The number of carboxylic acids is 1. The van der Waals surface area contributed by atoms with E-state index in [4.69, 9.17) is 4.84 Å². The van der Waals surface area contributed by atoms with Gasteiger partial charge in [0.2, 0.25) is 0 Å². The minimum atomic E-state index is -1.24. The van der Waals surface area contributed by atoms with Gasteiger partial charge in [0, 0.05) is 0 Å². The van der Waals surface area contributed by atoms with Crippen molar-refractivity contribution in [2.75, 3.05) is 6.61 Å². The molecule has 0 saturated heterocycles. The topological polar surface area (TPSA) is 82.0 Å². The maximum atomic E-state index is 11.0. The number of carbonyl (C=O) groups excluding carboxylic acids is 1. The van der Waals surface area contributed by atoms with Gasteiger partial charge in [0.1, 0.15) is 0 Å². The van der Waals surface area contributed by atoms with Crippen molar-refractivity contribution < 1.29 is 19.8 Å². The Morgan fingerprint density at radius 3 is 2.67 bits per heavy atom. The number of carbonyl (C=O) groups is 1. The molecule has 5 heteroatoms. The summed E-state index contributed by atoms with van der Waals surface area (Å²) in [5.41, 5.74) is 2.05. The summed E-state index contributed by atoms with van der Waals surface area (Å²) < 4.78 is 0. The molecule has 5 nitrogen and oxygen atoms in total. The molecule has 27 heavy (non-hydrogen) atoms. The van der Waals surface area contributed by atoms with E-state index in [0.29, 0.717) is 17.8 Å². The molecule has 0 spiro atoms. The average molecular weight is 375 g/mol. The fourth-order valence-electron chi connectivity index (χ4n) is 7.05. The molecule has 0 bridgehead atoms. The third-order valence-electron chi connectivity index (χ3n) is 8.90. The molecule has 0 unspecified atom stereocenters. The number of oxime groups is 1. The lowest BCUT2D eigenvalue weighted by atomic mass is 9.46. The van der Waals surface area contributed by atoms with E-state index in [1.807, 2.05) is 0 Å². The van der Waals surface area contributed by atoms with Crippen LogP contribution in [0.2, 0.25) is 0 Å². The zero-order valence-electron chi connectivity index (χ0n) is 16.8. The first-order valence-electron chi connectivity index (χ1n) is 10.5. The Hall–Kier alpha value is -1.36. The highest BCUT2D eigenvalue weighted by Crippen LogP contribution is 2.67. The molecule has 0 heterocycles. The van der Waals surface area contributed by atoms with Crippen LogP contribution in [-0.4, -0.2) is 29.0 Å². The predicted octanol–water partition coefficient (Wildman–Crippen LogP) is 2.82. The molecule has 0 radical (unpaired) electrons. The standard InChI is InChI=1S/C22H33NO4/c1-20-9-6-15(23-27-13-19(24)25)12-14(20)4-5-16-17(20)7-10-21(2)18(16)8-11-22(21,3)26/h12,16-18,26H,4-11,13H2,1-3H3,(H,24,25)/p-1/t16-,17+,18+,20+,21+,22+/m1/s1. The van der Waals surface area contributed by atoms with Gasteiger partial charge >= 0.3 is 0 Å². The van der Waals surface area contributed by atoms with Crippen LogP contribution in [0.5, 0.6) is 0 Å². The van der Waals surface area contributed by atoms with E-state index in [9.17, 15) is 15.0 Å². The summed E-state index contributed by atoms with van der Waals surface area (Å²) in [5.74, 6) is 0.764. The highest BCUT2D eigenvalue weighted by molar-refractivity contribution is 5.96. The molecule has 150 valence electrons. The van der Waals surface area contributed by atoms with E-state index < -0.39 is 18.2 Å². The summed E-state index contributed by atoms with van der Waals surface area (Å²) in [5, 5.41) is 25.5. The molecule has 0 aromatic rings. The Bertz CT molecular complexity index is 696. The number of allylic oxidation sites excluding steroid dienone is 2. The van der Waals surface area contributed by atoms with Crippen molar-refractivity contribution in [3.63, 3.8) is 0 Å². The Morgan fingerprint density at radius 1 is 1.19 bits per heavy atom. The van der Waals surface area contributed by atoms with Crippen molar-refractivity contribution in [3.05, 3.63) is 11.6 Å². The third kappa shape index (κ3) is 2.84. The van der Waals surface area contributed by atoms with Gasteiger partial charge < -0.3 is 19.8 Å². The van der Waals surface area contributed by atoms with E-state index in [1.54, 1.807) is 0 Å².